The third-order valence-corrected chi connectivity index (χ3v) is 12.7. The van der Waals surface area contributed by atoms with E-state index in [0.29, 0.717) is 28.1 Å². The fourth-order valence-corrected chi connectivity index (χ4v) is 10.4. The SMILES string of the molecule is CC1(C)CCC[C@@]2(C)C(Br)(Br)[C@]23CC[C@]2(C)[C@H]([C@H]13)C2(Cl)Cl. The predicted molar refractivity (Wildman–Crippen MR) is 97.5 cm³/mol. The molecule has 120 valence electrons. The molecule has 21 heavy (non-hydrogen) atoms. The Labute approximate surface area is 155 Å². The second-order valence-electron chi connectivity index (χ2n) is 9.22. The van der Waals surface area contributed by atoms with E-state index in [2.05, 4.69) is 59.6 Å². The molecule has 0 N–H and O–H groups in total. The third kappa shape index (κ3) is 1.40. The van der Waals surface area contributed by atoms with Crippen LogP contribution in [0.2, 0.25) is 0 Å². The maximum atomic E-state index is 6.81. The van der Waals surface area contributed by atoms with Gasteiger partial charge in [-0.25, -0.2) is 0 Å². The Hall–Kier alpha value is 1.54. The summed E-state index contributed by atoms with van der Waals surface area (Å²) >= 11 is 21.8. The van der Waals surface area contributed by atoms with Gasteiger partial charge in [-0.15, -0.1) is 23.2 Å². The van der Waals surface area contributed by atoms with Crippen LogP contribution in [0, 0.1) is 33.5 Å². The van der Waals surface area contributed by atoms with E-state index in [1.807, 2.05) is 0 Å². The zero-order chi connectivity index (χ0) is 15.7. The largest absolute Gasteiger partial charge is 0.127 e. The van der Waals surface area contributed by atoms with Gasteiger partial charge in [-0.2, -0.15) is 0 Å². The topological polar surface area (TPSA) is 0 Å². The van der Waals surface area contributed by atoms with Gasteiger partial charge in [0, 0.05) is 22.2 Å². The van der Waals surface area contributed by atoms with Gasteiger partial charge in [0.05, 0.1) is 3.23 Å². The second-order valence-corrected chi connectivity index (χ2v) is 14.0. The third-order valence-electron chi connectivity index (χ3n) is 8.17. The average Bonchev–Trinajstić information content (AvgIpc) is 2.97. The van der Waals surface area contributed by atoms with Crippen molar-refractivity contribution in [3.8, 4) is 0 Å². The van der Waals surface area contributed by atoms with Crippen molar-refractivity contribution in [3.05, 3.63) is 0 Å². The van der Waals surface area contributed by atoms with Crippen LogP contribution in [-0.4, -0.2) is 7.57 Å². The van der Waals surface area contributed by atoms with Crippen LogP contribution < -0.4 is 0 Å². The summed E-state index contributed by atoms with van der Waals surface area (Å²) in [7, 11) is 0. The molecule has 4 heteroatoms. The molecule has 0 amide bonds. The van der Waals surface area contributed by atoms with Crippen LogP contribution in [0.15, 0.2) is 0 Å². The Balaban J connectivity index is 1.89. The molecule has 0 heterocycles. The first kappa shape index (κ1) is 16.0. The van der Waals surface area contributed by atoms with Crippen molar-refractivity contribution in [2.75, 3.05) is 0 Å². The van der Waals surface area contributed by atoms with Crippen molar-refractivity contribution in [3.63, 3.8) is 0 Å². The molecule has 0 aromatic heterocycles. The molecule has 0 saturated heterocycles. The lowest BCUT2D eigenvalue weighted by molar-refractivity contribution is 0.0289. The van der Waals surface area contributed by atoms with Crippen LogP contribution in [0.1, 0.15) is 59.8 Å². The summed E-state index contributed by atoms with van der Waals surface area (Å²) in [4.78, 5) is 0. The number of halogens is 4. The molecule has 0 nitrogen and oxygen atoms in total. The zero-order valence-electron chi connectivity index (χ0n) is 13.2. The lowest BCUT2D eigenvalue weighted by Gasteiger charge is -2.45. The maximum absolute atomic E-state index is 6.81. The van der Waals surface area contributed by atoms with Crippen molar-refractivity contribution in [2.24, 2.45) is 33.5 Å². The molecular formula is C17H24Br2Cl2. The van der Waals surface area contributed by atoms with Crippen molar-refractivity contribution < 1.29 is 0 Å². The summed E-state index contributed by atoms with van der Waals surface area (Å²) in [6, 6.07) is 0. The van der Waals surface area contributed by atoms with Crippen LogP contribution in [0.3, 0.4) is 0 Å². The number of hydrogen-bond acceptors (Lipinski definition) is 0. The van der Waals surface area contributed by atoms with E-state index < -0.39 is 4.33 Å². The summed E-state index contributed by atoms with van der Waals surface area (Å²) < 4.78 is -0.460. The molecule has 0 aliphatic heterocycles. The highest BCUT2D eigenvalue weighted by Gasteiger charge is 2.93. The van der Waals surface area contributed by atoms with Crippen LogP contribution >= 0.6 is 55.1 Å². The van der Waals surface area contributed by atoms with Gasteiger partial charge in [-0.3, -0.25) is 0 Å². The highest BCUT2D eigenvalue weighted by atomic mass is 79.9. The molecular weight excluding hydrogens is 435 g/mol. The maximum Gasteiger partial charge on any atom is 0.127 e. The Morgan fingerprint density at radius 3 is 2.10 bits per heavy atom. The lowest BCUT2D eigenvalue weighted by atomic mass is 9.59. The molecule has 0 unspecified atom stereocenters. The minimum absolute atomic E-state index is 0.0656. The number of hydrogen-bond donors (Lipinski definition) is 0. The number of alkyl halides is 4. The van der Waals surface area contributed by atoms with E-state index >= 15 is 0 Å². The van der Waals surface area contributed by atoms with E-state index in [1.54, 1.807) is 0 Å². The fraction of sp³-hybridized carbons (Fsp3) is 1.00. The van der Waals surface area contributed by atoms with Crippen molar-refractivity contribution in [2.45, 2.75) is 67.4 Å². The Kier molecular flexibility index (Phi) is 2.94. The summed E-state index contributed by atoms with van der Waals surface area (Å²) in [5.41, 5.74) is 1.05. The molecule has 4 rings (SSSR count). The molecule has 4 aliphatic carbocycles. The predicted octanol–water partition coefficient (Wildman–Crippen LogP) is 6.91. The molecule has 4 saturated carbocycles. The Bertz CT molecular complexity index is 529. The van der Waals surface area contributed by atoms with Gasteiger partial charge in [0.2, 0.25) is 0 Å². The van der Waals surface area contributed by atoms with Crippen molar-refractivity contribution >= 4 is 55.1 Å². The first-order valence-electron chi connectivity index (χ1n) is 8.16. The highest BCUT2D eigenvalue weighted by Crippen LogP contribution is 2.95. The molecule has 0 radical (unpaired) electrons. The van der Waals surface area contributed by atoms with Gasteiger partial charge in [0.25, 0.3) is 0 Å². The van der Waals surface area contributed by atoms with Crippen LogP contribution in [0.25, 0.3) is 0 Å². The van der Waals surface area contributed by atoms with Gasteiger partial charge in [0.1, 0.15) is 4.33 Å². The van der Waals surface area contributed by atoms with E-state index in [-0.39, 0.29) is 8.65 Å². The fourth-order valence-electron chi connectivity index (χ4n) is 6.73. The van der Waals surface area contributed by atoms with Gasteiger partial charge in [-0.05, 0) is 37.0 Å². The molecule has 4 fully saturated rings. The highest BCUT2D eigenvalue weighted by molar-refractivity contribution is 9.25. The summed E-state index contributed by atoms with van der Waals surface area (Å²) in [6.45, 7) is 9.69. The standard InChI is InChI=1S/C17H24Br2Cl2/c1-12(2)6-5-7-14(4)15(17(14,18)19)9-8-13(3)11(10(12)15)16(13,20)21/h10-11H,5-9H2,1-4H3/t10-,11+,13-,14-,15+/m1/s1. The van der Waals surface area contributed by atoms with E-state index in [1.165, 1.54) is 25.7 Å². The second kappa shape index (κ2) is 3.86. The minimum atomic E-state index is -0.525. The molecule has 0 aromatic carbocycles. The van der Waals surface area contributed by atoms with Crippen LogP contribution in [0.4, 0.5) is 0 Å². The van der Waals surface area contributed by atoms with Gasteiger partial charge in [-0.1, -0.05) is 66.0 Å². The monoisotopic (exact) mass is 456 g/mol. The Morgan fingerprint density at radius 2 is 1.48 bits per heavy atom. The molecule has 0 bridgehead atoms. The summed E-state index contributed by atoms with van der Waals surface area (Å²) in [5, 5.41) is 0. The molecule has 5 atom stereocenters. The molecule has 4 aliphatic rings. The normalized spacial score (nSPS) is 58.3. The molecule has 1 spiro atoms. The number of rotatable bonds is 0. The summed E-state index contributed by atoms with van der Waals surface area (Å²) in [6.07, 6.45) is 6.29. The van der Waals surface area contributed by atoms with E-state index in [0.717, 1.165) is 6.42 Å². The Morgan fingerprint density at radius 1 is 0.857 bits per heavy atom. The average molecular weight is 459 g/mol. The number of fused-ring (bicyclic) bond motifs is 2. The quantitative estimate of drug-likeness (QED) is 0.346. The first-order chi connectivity index (χ1) is 9.40. The van der Waals surface area contributed by atoms with Gasteiger partial charge < -0.3 is 0 Å². The smallest absolute Gasteiger partial charge is 0.101 e. The van der Waals surface area contributed by atoms with Crippen LogP contribution in [-0.2, 0) is 0 Å². The van der Waals surface area contributed by atoms with Gasteiger partial charge >= 0.3 is 0 Å². The minimum Gasteiger partial charge on any atom is -0.101 e. The lowest BCUT2D eigenvalue weighted by Crippen LogP contribution is -2.41. The first-order valence-corrected chi connectivity index (χ1v) is 10.5. The van der Waals surface area contributed by atoms with E-state index in [4.69, 9.17) is 23.2 Å². The van der Waals surface area contributed by atoms with Crippen molar-refractivity contribution in [1.29, 1.82) is 0 Å². The zero-order valence-corrected chi connectivity index (χ0v) is 17.9. The van der Waals surface area contributed by atoms with Crippen molar-refractivity contribution in [1.82, 2.24) is 0 Å². The molecule has 0 aromatic rings. The van der Waals surface area contributed by atoms with E-state index in [9.17, 15) is 0 Å². The van der Waals surface area contributed by atoms with Crippen LogP contribution in [0.5, 0.6) is 0 Å². The van der Waals surface area contributed by atoms with Gasteiger partial charge in [0.15, 0.2) is 0 Å². The summed E-state index contributed by atoms with van der Waals surface area (Å²) in [5.74, 6) is 1.02.